The van der Waals surface area contributed by atoms with Gasteiger partial charge < -0.3 is 9.32 Å². The second-order valence-electron chi connectivity index (χ2n) is 7.51. The number of fused-ring (bicyclic) bond motifs is 2. The van der Waals surface area contributed by atoms with Crippen molar-refractivity contribution in [1.82, 2.24) is 24.9 Å². The number of amides is 1. The number of nitrogens with zero attached hydrogens (tertiary/aromatic N) is 5. The van der Waals surface area contributed by atoms with Crippen LogP contribution in [0.25, 0.3) is 0 Å². The number of carbonyl (C=O) groups is 1. The molecule has 25 heavy (non-hydrogen) atoms. The first-order chi connectivity index (χ1) is 12.1. The van der Waals surface area contributed by atoms with Crippen LogP contribution in [-0.2, 0) is 31.8 Å². The first-order valence-electron chi connectivity index (χ1n) is 9.34. The molecule has 2 fully saturated rings. The predicted octanol–water partition coefficient (Wildman–Crippen LogP) is 2.01. The molecule has 1 saturated carbocycles. The first kappa shape index (κ1) is 15.1. The standard InChI is InChI=1S/C18H23N5O2/c1-3-14-19-20-17(25-14)18-9-7-11(18)8-10-23(18)16(24)15-12-5-4-6-13(12)21-22(15)2/h11H,3-10H2,1-2H3/t11-,18-/m0/s1. The van der Waals surface area contributed by atoms with Crippen molar-refractivity contribution in [1.29, 1.82) is 0 Å². The van der Waals surface area contributed by atoms with E-state index in [1.165, 1.54) is 0 Å². The van der Waals surface area contributed by atoms with Crippen molar-refractivity contribution >= 4 is 5.91 Å². The summed E-state index contributed by atoms with van der Waals surface area (Å²) in [6.07, 6.45) is 6.79. The molecule has 2 aliphatic carbocycles. The third-order valence-corrected chi connectivity index (χ3v) is 6.39. The Labute approximate surface area is 146 Å². The molecular formula is C18H23N5O2. The lowest BCUT2D eigenvalue weighted by molar-refractivity contribution is -0.00428. The van der Waals surface area contributed by atoms with Crippen molar-refractivity contribution in [3.05, 3.63) is 28.7 Å². The van der Waals surface area contributed by atoms with Crippen LogP contribution >= 0.6 is 0 Å². The third kappa shape index (κ3) is 1.86. The Balaban J connectivity index is 1.56. The summed E-state index contributed by atoms with van der Waals surface area (Å²) in [7, 11) is 1.88. The van der Waals surface area contributed by atoms with Crippen LogP contribution in [0.15, 0.2) is 4.42 Å². The van der Waals surface area contributed by atoms with Gasteiger partial charge in [0.2, 0.25) is 11.8 Å². The predicted molar refractivity (Wildman–Crippen MR) is 89.0 cm³/mol. The van der Waals surface area contributed by atoms with E-state index in [4.69, 9.17) is 4.42 Å². The first-order valence-corrected chi connectivity index (χ1v) is 9.34. The van der Waals surface area contributed by atoms with Gasteiger partial charge in [-0.05, 0) is 44.4 Å². The zero-order valence-electron chi connectivity index (χ0n) is 14.8. The number of aryl methyl sites for hydroxylation is 3. The fourth-order valence-corrected chi connectivity index (χ4v) is 5.01. The van der Waals surface area contributed by atoms with Gasteiger partial charge in [-0.1, -0.05) is 6.92 Å². The minimum atomic E-state index is -0.396. The van der Waals surface area contributed by atoms with Crippen LogP contribution in [0, 0.1) is 5.92 Å². The average Bonchev–Trinajstić information content (AvgIpc) is 3.31. The van der Waals surface area contributed by atoms with Crippen LogP contribution < -0.4 is 0 Å². The molecule has 7 nitrogen and oxygen atoms in total. The molecule has 1 saturated heterocycles. The number of aromatic nitrogens is 4. The van der Waals surface area contributed by atoms with E-state index in [1.807, 2.05) is 18.9 Å². The van der Waals surface area contributed by atoms with Crippen molar-refractivity contribution in [3.63, 3.8) is 0 Å². The quantitative estimate of drug-likeness (QED) is 0.853. The highest BCUT2D eigenvalue weighted by Crippen LogP contribution is 2.57. The van der Waals surface area contributed by atoms with Gasteiger partial charge in [0.1, 0.15) is 11.2 Å². The van der Waals surface area contributed by atoms with E-state index < -0.39 is 5.54 Å². The van der Waals surface area contributed by atoms with Crippen molar-refractivity contribution in [2.45, 2.75) is 57.4 Å². The number of rotatable bonds is 3. The normalized spacial score (nSPS) is 27.3. The Kier molecular flexibility index (Phi) is 3.12. The lowest BCUT2D eigenvalue weighted by Crippen LogP contribution is -2.54. The lowest BCUT2D eigenvalue weighted by Gasteiger charge is -2.47. The van der Waals surface area contributed by atoms with E-state index in [0.717, 1.165) is 68.4 Å². The van der Waals surface area contributed by atoms with E-state index >= 15 is 0 Å². The number of hydrogen-bond acceptors (Lipinski definition) is 5. The van der Waals surface area contributed by atoms with Crippen LogP contribution in [0.3, 0.4) is 0 Å². The molecule has 7 heteroatoms. The Hall–Kier alpha value is -2.18. The van der Waals surface area contributed by atoms with Gasteiger partial charge in [-0.15, -0.1) is 10.2 Å². The molecule has 2 aromatic heterocycles. The molecule has 0 bridgehead atoms. The van der Waals surface area contributed by atoms with Gasteiger partial charge >= 0.3 is 0 Å². The molecule has 1 aliphatic heterocycles. The van der Waals surface area contributed by atoms with E-state index in [2.05, 4.69) is 15.3 Å². The molecule has 3 heterocycles. The molecule has 3 aliphatic rings. The fraction of sp³-hybridized carbons (Fsp3) is 0.667. The summed E-state index contributed by atoms with van der Waals surface area (Å²) in [5, 5.41) is 13.0. The minimum Gasteiger partial charge on any atom is -0.423 e. The highest BCUT2D eigenvalue weighted by molar-refractivity contribution is 5.95. The maximum absolute atomic E-state index is 13.5. The van der Waals surface area contributed by atoms with Crippen molar-refractivity contribution in [2.24, 2.45) is 13.0 Å². The molecule has 0 aromatic carbocycles. The van der Waals surface area contributed by atoms with E-state index in [9.17, 15) is 4.79 Å². The van der Waals surface area contributed by atoms with Gasteiger partial charge in [0.25, 0.3) is 5.91 Å². The van der Waals surface area contributed by atoms with E-state index in [0.29, 0.717) is 17.7 Å². The molecule has 0 spiro atoms. The van der Waals surface area contributed by atoms with Crippen molar-refractivity contribution in [3.8, 4) is 0 Å². The average molecular weight is 341 g/mol. The molecule has 5 rings (SSSR count). The Morgan fingerprint density at radius 3 is 2.92 bits per heavy atom. The molecule has 0 unspecified atom stereocenters. The van der Waals surface area contributed by atoms with Crippen molar-refractivity contribution < 1.29 is 9.21 Å². The topological polar surface area (TPSA) is 77.1 Å². The smallest absolute Gasteiger partial charge is 0.273 e. The molecule has 1 amide bonds. The molecular weight excluding hydrogens is 318 g/mol. The molecule has 2 aromatic rings. The van der Waals surface area contributed by atoms with Crippen LogP contribution in [0.4, 0.5) is 0 Å². The zero-order valence-corrected chi connectivity index (χ0v) is 14.8. The molecule has 2 atom stereocenters. The zero-order chi connectivity index (χ0) is 17.2. The Morgan fingerprint density at radius 1 is 1.32 bits per heavy atom. The Morgan fingerprint density at radius 2 is 2.20 bits per heavy atom. The second-order valence-corrected chi connectivity index (χ2v) is 7.51. The summed E-state index contributed by atoms with van der Waals surface area (Å²) in [6, 6.07) is 0. The van der Waals surface area contributed by atoms with Crippen LogP contribution in [-0.4, -0.2) is 37.3 Å². The maximum Gasteiger partial charge on any atom is 0.273 e. The summed E-state index contributed by atoms with van der Waals surface area (Å²) in [6.45, 7) is 2.76. The Bertz CT molecular complexity index is 854. The van der Waals surface area contributed by atoms with Gasteiger partial charge in [-0.3, -0.25) is 9.48 Å². The number of hydrogen-bond donors (Lipinski definition) is 0. The summed E-state index contributed by atoms with van der Waals surface area (Å²) in [5.41, 5.74) is 2.60. The van der Waals surface area contributed by atoms with Crippen LogP contribution in [0.1, 0.15) is 66.1 Å². The van der Waals surface area contributed by atoms with Gasteiger partial charge in [-0.2, -0.15) is 5.10 Å². The highest BCUT2D eigenvalue weighted by Gasteiger charge is 2.61. The maximum atomic E-state index is 13.5. The summed E-state index contributed by atoms with van der Waals surface area (Å²) in [5.74, 6) is 1.79. The van der Waals surface area contributed by atoms with Gasteiger partial charge in [0, 0.05) is 25.6 Å². The second kappa shape index (κ2) is 5.16. The largest absolute Gasteiger partial charge is 0.423 e. The van der Waals surface area contributed by atoms with Gasteiger partial charge in [0.05, 0.1) is 5.69 Å². The molecule has 0 radical (unpaired) electrons. The van der Waals surface area contributed by atoms with E-state index in [1.54, 1.807) is 4.68 Å². The fourth-order valence-electron chi connectivity index (χ4n) is 5.01. The number of likely N-dealkylation sites (tertiary alicyclic amines) is 1. The summed E-state index contributed by atoms with van der Waals surface area (Å²) < 4.78 is 7.70. The van der Waals surface area contributed by atoms with Crippen LogP contribution in [0.5, 0.6) is 0 Å². The van der Waals surface area contributed by atoms with Crippen LogP contribution in [0.2, 0.25) is 0 Å². The monoisotopic (exact) mass is 341 g/mol. The third-order valence-electron chi connectivity index (χ3n) is 6.39. The summed E-state index contributed by atoms with van der Waals surface area (Å²) in [4.78, 5) is 15.5. The van der Waals surface area contributed by atoms with Crippen molar-refractivity contribution in [2.75, 3.05) is 6.54 Å². The van der Waals surface area contributed by atoms with Gasteiger partial charge in [-0.25, -0.2) is 0 Å². The van der Waals surface area contributed by atoms with Gasteiger partial charge in [0.15, 0.2) is 0 Å². The van der Waals surface area contributed by atoms with E-state index in [-0.39, 0.29) is 5.91 Å². The lowest BCUT2D eigenvalue weighted by atomic mass is 9.67. The minimum absolute atomic E-state index is 0.0802. The highest BCUT2D eigenvalue weighted by atomic mass is 16.4. The SMILES string of the molecule is CCc1nnc([C@]23CC[C@H]2CCN3C(=O)c2c3c(nn2C)CCC3)o1. The molecule has 132 valence electrons. The number of carbonyl (C=O) groups excluding carboxylic acids is 1. The molecule has 0 N–H and O–H groups in total. The summed E-state index contributed by atoms with van der Waals surface area (Å²) >= 11 is 0.